The molecule has 4 heteroatoms. The van der Waals surface area contributed by atoms with Crippen LogP contribution < -0.4 is 0 Å². The number of rotatable bonds is 3. The predicted molar refractivity (Wildman–Crippen MR) is 77.3 cm³/mol. The normalized spacial score (nSPS) is 22.8. The third-order valence-electron chi connectivity index (χ3n) is 3.96. The summed E-state index contributed by atoms with van der Waals surface area (Å²) < 4.78 is 0. The van der Waals surface area contributed by atoms with Crippen LogP contribution in [0.4, 0.5) is 0 Å². The van der Waals surface area contributed by atoms with Crippen LogP contribution in [0, 0.1) is 0 Å². The summed E-state index contributed by atoms with van der Waals surface area (Å²) in [5.74, 6) is -0.209. The van der Waals surface area contributed by atoms with Gasteiger partial charge in [-0.15, -0.1) is 0 Å². The lowest BCUT2D eigenvalue weighted by atomic mass is 9.87. The zero-order chi connectivity index (χ0) is 14.7. The molecule has 0 amide bonds. The maximum absolute atomic E-state index is 10.9. The van der Waals surface area contributed by atoms with Gasteiger partial charge < -0.3 is 0 Å². The van der Waals surface area contributed by atoms with E-state index < -0.39 is 5.66 Å². The van der Waals surface area contributed by atoms with Gasteiger partial charge in [0, 0.05) is 11.5 Å². The molecule has 21 heavy (non-hydrogen) atoms. The second kappa shape index (κ2) is 5.29. The van der Waals surface area contributed by atoms with Crippen molar-refractivity contribution in [2.75, 3.05) is 0 Å². The molecule has 0 bridgehead atoms. The molecule has 1 aliphatic rings. The summed E-state index contributed by atoms with van der Waals surface area (Å²) in [5, 5.41) is 0. The lowest BCUT2D eigenvalue weighted by Crippen LogP contribution is -2.25. The summed E-state index contributed by atoms with van der Waals surface area (Å²) >= 11 is 0. The molecule has 1 atom stereocenters. The number of fused-ring (bicyclic) bond motifs is 1. The van der Waals surface area contributed by atoms with Crippen molar-refractivity contribution >= 4 is 12.2 Å². The second-order valence-corrected chi connectivity index (χ2v) is 4.96. The van der Waals surface area contributed by atoms with Crippen LogP contribution in [0.3, 0.4) is 0 Å². The van der Waals surface area contributed by atoms with Gasteiger partial charge in [-0.25, -0.2) is 9.59 Å². The van der Waals surface area contributed by atoms with Crippen LogP contribution in [0.1, 0.15) is 22.6 Å². The summed E-state index contributed by atoms with van der Waals surface area (Å²) in [5.41, 5.74) is 1.53. The first-order valence-corrected chi connectivity index (χ1v) is 6.63. The first kappa shape index (κ1) is 13.2. The highest BCUT2D eigenvalue weighted by Crippen LogP contribution is 2.50. The van der Waals surface area contributed by atoms with Crippen molar-refractivity contribution in [3.63, 3.8) is 0 Å². The molecule has 1 unspecified atom stereocenters. The Hall–Kier alpha value is -2.80. The van der Waals surface area contributed by atoms with E-state index in [0.717, 1.165) is 16.7 Å². The van der Waals surface area contributed by atoms with Crippen LogP contribution in [0.15, 0.2) is 64.6 Å². The minimum Gasteiger partial charge on any atom is -0.211 e. The van der Waals surface area contributed by atoms with Crippen molar-refractivity contribution < 1.29 is 9.59 Å². The predicted octanol–water partition coefficient (Wildman–Crippen LogP) is 2.85. The summed E-state index contributed by atoms with van der Waals surface area (Å²) in [6, 6.07) is 17.2. The lowest BCUT2D eigenvalue weighted by Gasteiger charge is -2.25. The van der Waals surface area contributed by atoms with Crippen molar-refractivity contribution in [3.05, 3.63) is 71.3 Å². The summed E-state index contributed by atoms with van der Waals surface area (Å²) in [7, 11) is 0. The molecule has 0 aliphatic heterocycles. The van der Waals surface area contributed by atoms with Gasteiger partial charge in [0.25, 0.3) is 0 Å². The van der Waals surface area contributed by atoms with Gasteiger partial charge in [0.1, 0.15) is 0 Å². The van der Waals surface area contributed by atoms with E-state index in [-0.39, 0.29) is 5.92 Å². The molecule has 0 heterocycles. The smallest absolute Gasteiger partial charge is 0.211 e. The number of hydrogen-bond donors (Lipinski definition) is 0. The van der Waals surface area contributed by atoms with E-state index in [2.05, 4.69) is 9.98 Å². The fourth-order valence-electron chi connectivity index (χ4n) is 3.08. The topological polar surface area (TPSA) is 58.9 Å². The van der Waals surface area contributed by atoms with Crippen LogP contribution in [0.25, 0.3) is 0 Å². The van der Waals surface area contributed by atoms with Crippen molar-refractivity contribution in [2.45, 2.75) is 18.0 Å². The molecule has 0 saturated heterocycles. The fraction of sp³-hybridized carbons (Fsp3) is 0.176. The molecule has 2 aromatic carbocycles. The molecular weight excluding hydrogens is 264 g/mol. The summed E-state index contributed by atoms with van der Waals surface area (Å²) in [6.07, 6.45) is 3.82. The SMILES string of the molecule is O=C=NC1(N=C=O)c2ccccc2CC1c1ccccc1. The summed E-state index contributed by atoms with van der Waals surface area (Å²) in [4.78, 5) is 29.7. The van der Waals surface area contributed by atoms with Crippen LogP contribution >= 0.6 is 0 Å². The van der Waals surface area contributed by atoms with E-state index in [4.69, 9.17) is 0 Å². The molecule has 0 aromatic heterocycles. The standard InChI is InChI=1S/C17H12N2O2/c20-11-18-17(19-12-21)15-9-5-4-8-14(15)10-16(17)13-6-2-1-3-7-13/h1-9,16H,10H2. The molecule has 4 nitrogen and oxygen atoms in total. The summed E-state index contributed by atoms with van der Waals surface area (Å²) in [6.45, 7) is 0. The van der Waals surface area contributed by atoms with E-state index in [1.807, 2.05) is 54.6 Å². The molecule has 102 valence electrons. The largest absolute Gasteiger partial charge is 0.237 e. The molecule has 0 fully saturated rings. The van der Waals surface area contributed by atoms with Crippen LogP contribution in [-0.2, 0) is 21.7 Å². The molecule has 0 spiro atoms. The van der Waals surface area contributed by atoms with Crippen LogP contribution in [0.2, 0.25) is 0 Å². The highest BCUT2D eigenvalue weighted by atomic mass is 16.1. The van der Waals surface area contributed by atoms with Gasteiger partial charge in [0.15, 0.2) is 0 Å². The number of carbonyl (C=O) groups excluding carboxylic acids is 2. The van der Waals surface area contributed by atoms with E-state index in [0.29, 0.717) is 6.42 Å². The lowest BCUT2D eigenvalue weighted by molar-refractivity contribution is 0.397. The van der Waals surface area contributed by atoms with Crippen LogP contribution in [-0.4, -0.2) is 12.2 Å². The fourth-order valence-corrected chi connectivity index (χ4v) is 3.08. The zero-order valence-electron chi connectivity index (χ0n) is 11.2. The van der Waals surface area contributed by atoms with Gasteiger partial charge >= 0.3 is 0 Å². The molecule has 0 radical (unpaired) electrons. The van der Waals surface area contributed by atoms with E-state index in [1.165, 1.54) is 0 Å². The van der Waals surface area contributed by atoms with Crippen molar-refractivity contribution in [1.82, 2.24) is 0 Å². The Morgan fingerprint density at radius 1 is 0.905 bits per heavy atom. The maximum Gasteiger partial charge on any atom is 0.237 e. The average molecular weight is 276 g/mol. The van der Waals surface area contributed by atoms with Crippen LogP contribution in [0.5, 0.6) is 0 Å². The van der Waals surface area contributed by atoms with E-state index in [1.54, 1.807) is 12.2 Å². The monoisotopic (exact) mass is 276 g/mol. The third-order valence-corrected chi connectivity index (χ3v) is 3.96. The highest BCUT2D eigenvalue weighted by Gasteiger charge is 2.48. The molecule has 3 rings (SSSR count). The second-order valence-electron chi connectivity index (χ2n) is 4.96. The Kier molecular flexibility index (Phi) is 3.33. The first-order chi connectivity index (χ1) is 10.3. The van der Waals surface area contributed by atoms with Gasteiger partial charge in [-0.05, 0) is 17.5 Å². The first-order valence-electron chi connectivity index (χ1n) is 6.63. The Morgan fingerprint density at radius 2 is 1.52 bits per heavy atom. The zero-order valence-corrected chi connectivity index (χ0v) is 11.2. The van der Waals surface area contributed by atoms with Gasteiger partial charge in [-0.2, -0.15) is 9.98 Å². The van der Waals surface area contributed by atoms with Gasteiger partial charge in [-0.1, -0.05) is 54.6 Å². The van der Waals surface area contributed by atoms with Crippen molar-refractivity contribution in [2.24, 2.45) is 9.98 Å². The number of hydrogen-bond acceptors (Lipinski definition) is 4. The molecular formula is C17H12N2O2. The van der Waals surface area contributed by atoms with Crippen molar-refractivity contribution in [1.29, 1.82) is 0 Å². The molecule has 1 aliphatic carbocycles. The molecule has 2 aromatic rings. The minimum absolute atomic E-state index is 0.209. The molecule has 0 saturated carbocycles. The van der Waals surface area contributed by atoms with E-state index in [9.17, 15) is 9.59 Å². The van der Waals surface area contributed by atoms with E-state index >= 15 is 0 Å². The minimum atomic E-state index is -1.25. The number of nitrogens with zero attached hydrogens (tertiary/aromatic N) is 2. The van der Waals surface area contributed by atoms with Gasteiger partial charge in [-0.3, -0.25) is 0 Å². The maximum atomic E-state index is 10.9. The average Bonchev–Trinajstić information content (AvgIpc) is 2.84. The van der Waals surface area contributed by atoms with Gasteiger partial charge in [0.05, 0.1) is 0 Å². The Morgan fingerprint density at radius 3 is 2.19 bits per heavy atom. The van der Waals surface area contributed by atoms with Crippen molar-refractivity contribution in [3.8, 4) is 0 Å². The Bertz CT molecular complexity index is 739. The third kappa shape index (κ3) is 2.03. The van der Waals surface area contributed by atoms with Gasteiger partial charge in [0.2, 0.25) is 17.8 Å². The Balaban J connectivity index is 2.26. The Labute approximate surface area is 121 Å². The number of aliphatic imine (C=N–C) groups is 2. The quantitative estimate of drug-likeness (QED) is 0.639. The number of isocyanates is 2. The molecule has 0 N–H and O–H groups in total. The highest BCUT2D eigenvalue weighted by molar-refractivity contribution is 5.52. The number of benzene rings is 2.